The predicted molar refractivity (Wildman–Crippen MR) is 178 cm³/mol. The van der Waals surface area contributed by atoms with Gasteiger partial charge in [-0.15, -0.1) is 0 Å². The SMILES string of the molecule is Cc1ccc(N(CC(=O)N(Cc2ccccc2)[C@H](Cc2ccccc2)C(=O)NC2CCCCC2)S(=O)(=O)c2ccc(F)cc2)cc1. The van der Waals surface area contributed by atoms with Crippen molar-refractivity contribution in [3.05, 3.63) is 132 Å². The fourth-order valence-electron chi connectivity index (χ4n) is 5.85. The van der Waals surface area contributed by atoms with Gasteiger partial charge in [-0.3, -0.25) is 13.9 Å². The highest BCUT2D eigenvalue weighted by Crippen LogP contribution is 2.26. The molecule has 46 heavy (non-hydrogen) atoms. The molecule has 0 aliphatic heterocycles. The van der Waals surface area contributed by atoms with Gasteiger partial charge in [0.15, 0.2) is 0 Å². The maximum absolute atomic E-state index is 14.5. The molecule has 0 bridgehead atoms. The molecule has 4 aromatic carbocycles. The van der Waals surface area contributed by atoms with Crippen LogP contribution in [0.5, 0.6) is 0 Å². The highest BCUT2D eigenvalue weighted by molar-refractivity contribution is 7.92. The van der Waals surface area contributed by atoms with E-state index in [4.69, 9.17) is 0 Å². The fraction of sp³-hybridized carbons (Fsp3) is 0.297. The third kappa shape index (κ3) is 8.40. The average Bonchev–Trinajstić information content (AvgIpc) is 3.07. The molecule has 4 aromatic rings. The number of hydrogen-bond donors (Lipinski definition) is 1. The summed E-state index contributed by atoms with van der Waals surface area (Å²) in [5.41, 5.74) is 2.89. The van der Waals surface area contributed by atoms with Gasteiger partial charge in [-0.2, -0.15) is 0 Å². The van der Waals surface area contributed by atoms with Gasteiger partial charge in [-0.25, -0.2) is 12.8 Å². The van der Waals surface area contributed by atoms with E-state index in [0.29, 0.717) is 0 Å². The molecule has 7 nitrogen and oxygen atoms in total. The van der Waals surface area contributed by atoms with E-state index in [0.717, 1.165) is 65.2 Å². The number of sulfonamides is 1. The van der Waals surface area contributed by atoms with Crippen LogP contribution in [0.1, 0.15) is 48.8 Å². The zero-order valence-electron chi connectivity index (χ0n) is 26.0. The Kier molecular flexibility index (Phi) is 10.9. The standard InChI is InChI=1S/C37H40FN3O4S/c1-28-17-21-33(22-18-28)41(46(44,45)34-23-19-31(38)20-24-34)27-36(42)40(26-30-13-7-3-8-14-30)35(25-29-11-5-2-6-12-29)37(43)39-32-15-9-4-10-16-32/h2-3,5-8,11-14,17-24,32,35H,4,9-10,15-16,25-27H2,1H3,(H,39,43)/t35-/m1/s1. The van der Waals surface area contributed by atoms with Crippen molar-refractivity contribution in [1.82, 2.24) is 10.2 Å². The van der Waals surface area contributed by atoms with E-state index in [9.17, 15) is 22.4 Å². The monoisotopic (exact) mass is 641 g/mol. The van der Waals surface area contributed by atoms with Crippen molar-refractivity contribution < 1.29 is 22.4 Å². The second kappa shape index (κ2) is 15.2. The Hall–Kier alpha value is -4.50. The van der Waals surface area contributed by atoms with Crippen LogP contribution in [0.25, 0.3) is 0 Å². The lowest BCUT2D eigenvalue weighted by atomic mass is 9.94. The van der Waals surface area contributed by atoms with Crippen LogP contribution in [0.3, 0.4) is 0 Å². The van der Waals surface area contributed by atoms with E-state index in [1.807, 2.05) is 67.6 Å². The molecule has 5 rings (SSSR count). The van der Waals surface area contributed by atoms with E-state index in [1.54, 1.807) is 24.3 Å². The van der Waals surface area contributed by atoms with Gasteiger partial charge in [-0.1, -0.05) is 97.6 Å². The molecular weight excluding hydrogens is 601 g/mol. The molecule has 1 saturated carbocycles. The zero-order valence-corrected chi connectivity index (χ0v) is 26.8. The number of carbonyl (C=O) groups is 2. The molecule has 1 aliphatic carbocycles. The molecule has 0 unspecified atom stereocenters. The van der Waals surface area contributed by atoms with Crippen LogP contribution in [0.4, 0.5) is 10.1 Å². The minimum atomic E-state index is -4.29. The molecule has 240 valence electrons. The second-order valence-electron chi connectivity index (χ2n) is 11.9. The third-order valence-electron chi connectivity index (χ3n) is 8.42. The molecule has 1 aliphatic rings. The van der Waals surface area contributed by atoms with Gasteiger partial charge in [0.25, 0.3) is 10.0 Å². The Balaban J connectivity index is 1.54. The molecule has 1 N–H and O–H groups in total. The normalized spacial score (nSPS) is 14.3. The van der Waals surface area contributed by atoms with E-state index >= 15 is 0 Å². The van der Waals surface area contributed by atoms with E-state index in [1.165, 1.54) is 17.0 Å². The molecule has 0 saturated heterocycles. The molecule has 1 atom stereocenters. The average molecular weight is 642 g/mol. The van der Waals surface area contributed by atoms with Crippen molar-refractivity contribution in [2.24, 2.45) is 0 Å². The Bertz CT molecular complexity index is 1690. The van der Waals surface area contributed by atoms with Crippen LogP contribution in [0.2, 0.25) is 0 Å². The van der Waals surface area contributed by atoms with Crippen LogP contribution < -0.4 is 9.62 Å². The summed E-state index contributed by atoms with van der Waals surface area (Å²) in [5, 5.41) is 3.21. The maximum atomic E-state index is 14.5. The van der Waals surface area contributed by atoms with Crippen LogP contribution in [-0.2, 0) is 32.6 Å². The van der Waals surface area contributed by atoms with E-state index in [2.05, 4.69) is 5.32 Å². The summed E-state index contributed by atoms with van der Waals surface area (Å²) in [6.07, 6.45) is 5.23. The summed E-state index contributed by atoms with van der Waals surface area (Å²) in [6, 6.07) is 29.4. The first-order valence-corrected chi connectivity index (χ1v) is 17.2. The summed E-state index contributed by atoms with van der Waals surface area (Å²) in [6.45, 7) is 1.43. The van der Waals surface area contributed by atoms with Gasteiger partial charge in [0.05, 0.1) is 10.6 Å². The van der Waals surface area contributed by atoms with Gasteiger partial charge >= 0.3 is 0 Å². The summed E-state index contributed by atoms with van der Waals surface area (Å²) < 4.78 is 42.9. The molecule has 1 fully saturated rings. The Morgan fingerprint density at radius 2 is 1.39 bits per heavy atom. The van der Waals surface area contributed by atoms with E-state index < -0.39 is 34.3 Å². The summed E-state index contributed by atoms with van der Waals surface area (Å²) in [5.74, 6) is -1.36. The van der Waals surface area contributed by atoms with Crippen molar-refractivity contribution in [2.75, 3.05) is 10.8 Å². The lowest BCUT2D eigenvalue weighted by Gasteiger charge is -2.35. The summed E-state index contributed by atoms with van der Waals surface area (Å²) >= 11 is 0. The number of rotatable bonds is 12. The number of anilines is 1. The third-order valence-corrected chi connectivity index (χ3v) is 10.2. The smallest absolute Gasteiger partial charge is 0.264 e. The molecule has 2 amide bonds. The quantitative estimate of drug-likeness (QED) is 0.194. The van der Waals surface area contributed by atoms with Crippen LogP contribution in [0.15, 0.2) is 114 Å². The number of benzene rings is 4. The number of aryl methyl sites for hydroxylation is 1. The number of halogens is 1. The Morgan fingerprint density at radius 3 is 2.00 bits per heavy atom. The first-order chi connectivity index (χ1) is 22.2. The summed E-state index contributed by atoms with van der Waals surface area (Å²) in [4.78, 5) is 30.0. The number of amides is 2. The van der Waals surface area contributed by atoms with Crippen molar-refractivity contribution in [3.8, 4) is 0 Å². The molecule has 0 spiro atoms. The maximum Gasteiger partial charge on any atom is 0.264 e. The van der Waals surface area contributed by atoms with Crippen molar-refractivity contribution in [1.29, 1.82) is 0 Å². The van der Waals surface area contributed by atoms with Crippen LogP contribution in [-0.4, -0.2) is 43.8 Å². The second-order valence-corrected chi connectivity index (χ2v) is 13.7. The van der Waals surface area contributed by atoms with Gasteiger partial charge in [0.2, 0.25) is 11.8 Å². The van der Waals surface area contributed by atoms with E-state index in [-0.39, 0.29) is 35.5 Å². The zero-order chi connectivity index (χ0) is 32.5. The summed E-state index contributed by atoms with van der Waals surface area (Å²) in [7, 11) is -4.29. The lowest BCUT2D eigenvalue weighted by molar-refractivity contribution is -0.140. The van der Waals surface area contributed by atoms with Gasteiger partial charge in [0, 0.05) is 19.0 Å². The number of hydrogen-bond acceptors (Lipinski definition) is 4. The minimum Gasteiger partial charge on any atom is -0.352 e. The van der Waals surface area contributed by atoms with Gasteiger partial charge < -0.3 is 10.2 Å². The molecule has 0 heterocycles. The lowest BCUT2D eigenvalue weighted by Crippen LogP contribution is -2.55. The largest absolute Gasteiger partial charge is 0.352 e. The predicted octanol–water partition coefficient (Wildman–Crippen LogP) is 6.42. The van der Waals surface area contributed by atoms with Crippen molar-refractivity contribution >= 4 is 27.5 Å². The highest BCUT2D eigenvalue weighted by Gasteiger charge is 2.35. The molecule has 0 aromatic heterocycles. The molecule has 9 heteroatoms. The minimum absolute atomic E-state index is 0.0242. The number of nitrogens with zero attached hydrogens (tertiary/aromatic N) is 2. The number of carbonyl (C=O) groups excluding carboxylic acids is 2. The van der Waals surface area contributed by atoms with Crippen molar-refractivity contribution in [2.45, 2.75) is 69.0 Å². The Morgan fingerprint density at radius 1 is 0.804 bits per heavy atom. The van der Waals surface area contributed by atoms with Gasteiger partial charge in [0.1, 0.15) is 18.4 Å². The molecular formula is C37H40FN3O4S. The first-order valence-electron chi connectivity index (χ1n) is 15.7. The fourth-order valence-corrected chi connectivity index (χ4v) is 7.27. The number of nitrogens with one attached hydrogen (secondary N) is 1. The molecule has 0 radical (unpaired) electrons. The Labute approximate surface area is 271 Å². The first kappa shape index (κ1) is 32.9. The highest BCUT2D eigenvalue weighted by atomic mass is 32.2. The van der Waals surface area contributed by atoms with Crippen LogP contribution in [0, 0.1) is 12.7 Å². The topological polar surface area (TPSA) is 86.8 Å². The van der Waals surface area contributed by atoms with Crippen molar-refractivity contribution in [3.63, 3.8) is 0 Å². The van der Waals surface area contributed by atoms with Gasteiger partial charge in [-0.05, 0) is 67.3 Å². The van der Waals surface area contributed by atoms with Crippen LogP contribution >= 0.6 is 0 Å².